The fourth-order valence-electron chi connectivity index (χ4n) is 2.73. The van der Waals surface area contributed by atoms with Gasteiger partial charge in [0.15, 0.2) is 0 Å². The van der Waals surface area contributed by atoms with Crippen molar-refractivity contribution in [3.63, 3.8) is 0 Å². The molecule has 0 aliphatic carbocycles. The smallest absolute Gasteiger partial charge is 0.138 e. The second kappa shape index (κ2) is 5.36. The zero-order valence-electron chi connectivity index (χ0n) is 12.8. The topological polar surface area (TPSA) is 127 Å². The summed E-state index contributed by atoms with van der Waals surface area (Å²) < 4.78 is 1.70. The average molecular weight is 320 g/mol. The minimum absolute atomic E-state index is 0.297. The quantitative estimate of drug-likeness (QED) is 0.455. The van der Waals surface area contributed by atoms with Gasteiger partial charge in [-0.15, -0.1) is 0 Å². The first-order valence-electron chi connectivity index (χ1n) is 7.37. The Morgan fingerprint density at radius 1 is 1.29 bits per heavy atom. The first-order chi connectivity index (χ1) is 11.7. The van der Waals surface area contributed by atoms with Gasteiger partial charge in [-0.05, 0) is 23.8 Å². The van der Waals surface area contributed by atoms with Gasteiger partial charge in [0, 0.05) is 22.8 Å². The summed E-state index contributed by atoms with van der Waals surface area (Å²) in [5.74, 6) is 0.712. The van der Waals surface area contributed by atoms with Gasteiger partial charge in [-0.3, -0.25) is 5.10 Å². The maximum absolute atomic E-state index is 5.86. The summed E-state index contributed by atoms with van der Waals surface area (Å²) in [6, 6.07) is 5.75. The molecule has 0 fully saturated rings. The lowest BCUT2D eigenvalue weighted by Gasteiger charge is -2.05. The molecule has 24 heavy (non-hydrogen) atoms. The summed E-state index contributed by atoms with van der Waals surface area (Å²) in [5.41, 5.74) is 16.3. The van der Waals surface area contributed by atoms with E-state index < -0.39 is 0 Å². The molecule has 0 atom stereocenters. The molecule has 0 amide bonds. The van der Waals surface area contributed by atoms with Crippen molar-refractivity contribution in [1.82, 2.24) is 29.9 Å². The van der Waals surface area contributed by atoms with Gasteiger partial charge in [-0.25, -0.2) is 9.67 Å². The molecule has 120 valence electrons. The molecule has 4 rings (SSSR count). The van der Waals surface area contributed by atoms with Crippen molar-refractivity contribution in [2.75, 3.05) is 0 Å². The van der Waals surface area contributed by atoms with Gasteiger partial charge < -0.3 is 16.5 Å². The molecule has 0 radical (unpaired) electrons. The van der Waals surface area contributed by atoms with Crippen LogP contribution in [0.5, 0.6) is 0 Å². The number of nitrogens with zero attached hydrogens (tertiary/aromatic N) is 4. The lowest BCUT2D eigenvalue weighted by molar-refractivity contribution is 0.644. The van der Waals surface area contributed by atoms with Crippen molar-refractivity contribution in [1.29, 1.82) is 0 Å². The summed E-state index contributed by atoms with van der Waals surface area (Å²) in [6.45, 7) is 4.10. The Kier molecular flexibility index (Phi) is 3.17. The molecule has 0 saturated carbocycles. The van der Waals surface area contributed by atoms with Crippen molar-refractivity contribution in [2.24, 2.45) is 11.5 Å². The molecule has 0 bridgehead atoms. The average Bonchev–Trinajstić information content (AvgIpc) is 3.31. The Morgan fingerprint density at radius 2 is 2.17 bits per heavy atom. The number of hydrogen-bond donors (Lipinski definition) is 4. The summed E-state index contributed by atoms with van der Waals surface area (Å²) in [4.78, 5) is 7.81. The molecule has 8 nitrogen and oxygen atoms in total. The molecule has 1 aromatic carbocycles. The number of aromatic nitrogens is 6. The number of benzene rings is 1. The van der Waals surface area contributed by atoms with Gasteiger partial charge in [0.05, 0.1) is 36.0 Å². The Hall–Kier alpha value is -3.39. The molecule has 4 aromatic rings. The van der Waals surface area contributed by atoms with Gasteiger partial charge in [-0.2, -0.15) is 10.2 Å². The molecule has 3 aromatic heterocycles. The molecular weight excluding hydrogens is 304 g/mol. The first-order valence-corrected chi connectivity index (χ1v) is 7.37. The SMILES string of the molecule is C=C(N)c1cc(-c2ncc(-c3ccnn3CN)[nH]2)c2cn[nH]c2c1. The minimum Gasteiger partial charge on any atom is -0.399 e. The van der Waals surface area contributed by atoms with Crippen LogP contribution in [0.1, 0.15) is 5.56 Å². The van der Waals surface area contributed by atoms with Gasteiger partial charge in [0.25, 0.3) is 0 Å². The maximum Gasteiger partial charge on any atom is 0.138 e. The highest BCUT2D eigenvalue weighted by Gasteiger charge is 2.14. The van der Waals surface area contributed by atoms with Crippen LogP contribution in [-0.4, -0.2) is 29.9 Å². The standard InChI is InChI=1S/C16H16N8/c1-9(18)10-4-11(12-6-20-23-13(12)5-10)16-19-7-14(22-16)15-2-3-21-24(15)8-17/h2-7H,1,8,17-18H2,(H,19,22)(H,20,23). The largest absolute Gasteiger partial charge is 0.399 e. The van der Waals surface area contributed by atoms with Crippen LogP contribution >= 0.6 is 0 Å². The maximum atomic E-state index is 5.86. The van der Waals surface area contributed by atoms with Crippen LogP contribution in [0.25, 0.3) is 39.4 Å². The van der Waals surface area contributed by atoms with E-state index in [1.165, 1.54) is 0 Å². The summed E-state index contributed by atoms with van der Waals surface area (Å²) in [5, 5.41) is 12.2. The Balaban J connectivity index is 1.87. The summed E-state index contributed by atoms with van der Waals surface area (Å²) in [6.07, 6.45) is 5.23. The Morgan fingerprint density at radius 3 is 2.96 bits per heavy atom. The van der Waals surface area contributed by atoms with Gasteiger partial charge in [0.2, 0.25) is 0 Å². The molecule has 0 aliphatic heterocycles. The van der Waals surface area contributed by atoms with Crippen molar-refractivity contribution < 1.29 is 0 Å². The van der Waals surface area contributed by atoms with Crippen LogP contribution in [-0.2, 0) is 6.67 Å². The van der Waals surface area contributed by atoms with E-state index in [4.69, 9.17) is 11.5 Å². The third-order valence-electron chi connectivity index (χ3n) is 3.93. The highest BCUT2D eigenvalue weighted by atomic mass is 15.3. The summed E-state index contributed by atoms with van der Waals surface area (Å²) >= 11 is 0. The number of aromatic amines is 2. The van der Waals surface area contributed by atoms with E-state index in [1.807, 2.05) is 18.2 Å². The molecule has 8 heteroatoms. The van der Waals surface area contributed by atoms with Crippen molar-refractivity contribution in [3.8, 4) is 22.8 Å². The van der Waals surface area contributed by atoms with E-state index in [-0.39, 0.29) is 0 Å². The van der Waals surface area contributed by atoms with Crippen molar-refractivity contribution in [3.05, 3.63) is 48.9 Å². The van der Waals surface area contributed by atoms with E-state index >= 15 is 0 Å². The van der Waals surface area contributed by atoms with Gasteiger partial charge >= 0.3 is 0 Å². The van der Waals surface area contributed by atoms with Crippen molar-refractivity contribution in [2.45, 2.75) is 6.67 Å². The van der Waals surface area contributed by atoms with Crippen molar-refractivity contribution >= 4 is 16.6 Å². The number of rotatable bonds is 4. The zero-order chi connectivity index (χ0) is 16.7. The van der Waals surface area contributed by atoms with E-state index in [2.05, 4.69) is 31.8 Å². The van der Waals surface area contributed by atoms with Crippen LogP contribution in [0.2, 0.25) is 0 Å². The molecule has 0 aliphatic rings. The number of H-pyrrole nitrogens is 2. The molecule has 6 N–H and O–H groups in total. The Bertz CT molecular complexity index is 1040. The van der Waals surface area contributed by atoms with Gasteiger partial charge in [0.1, 0.15) is 5.82 Å². The van der Waals surface area contributed by atoms with E-state index in [0.29, 0.717) is 18.2 Å². The number of imidazole rings is 1. The zero-order valence-corrected chi connectivity index (χ0v) is 12.8. The fourth-order valence-corrected chi connectivity index (χ4v) is 2.73. The number of nitrogens with two attached hydrogens (primary N) is 2. The van der Waals surface area contributed by atoms with Gasteiger partial charge in [-0.1, -0.05) is 6.58 Å². The lowest BCUT2D eigenvalue weighted by Crippen LogP contribution is -2.09. The predicted molar refractivity (Wildman–Crippen MR) is 92.3 cm³/mol. The lowest BCUT2D eigenvalue weighted by atomic mass is 10.0. The summed E-state index contributed by atoms with van der Waals surface area (Å²) in [7, 11) is 0. The number of hydrogen-bond acceptors (Lipinski definition) is 5. The Labute approximate surface area is 137 Å². The normalized spacial score (nSPS) is 11.2. The number of fused-ring (bicyclic) bond motifs is 1. The molecule has 3 heterocycles. The van der Waals surface area contributed by atoms with E-state index in [0.717, 1.165) is 33.4 Å². The van der Waals surface area contributed by atoms with Crippen LogP contribution < -0.4 is 11.5 Å². The van der Waals surface area contributed by atoms with Crippen LogP contribution in [0.4, 0.5) is 0 Å². The van der Waals surface area contributed by atoms with Crippen LogP contribution in [0, 0.1) is 0 Å². The second-order valence-electron chi connectivity index (χ2n) is 5.42. The van der Waals surface area contributed by atoms with E-state index in [9.17, 15) is 0 Å². The monoisotopic (exact) mass is 320 g/mol. The first kappa shape index (κ1) is 14.2. The molecule has 0 spiro atoms. The predicted octanol–water partition coefficient (Wildman–Crippen LogP) is 1.66. The fraction of sp³-hybridized carbons (Fsp3) is 0.0625. The molecule has 0 unspecified atom stereocenters. The number of nitrogens with one attached hydrogen (secondary N) is 2. The van der Waals surface area contributed by atoms with E-state index in [1.54, 1.807) is 23.3 Å². The van der Waals surface area contributed by atoms with Crippen LogP contribution in [0.3, 0.4) is 0 Å². The third kappa shape index (κ3) is 2.17. The second-order valence-corrected chi connectivity index (χ2v) is 5.42. The third-order valence-corrected chi connectivity index (χ3v) is 3.93. The molecule has 0 saturated heterocycles. The van der Waals surface area contributed by atoms with Crippen LogP contribution in [0.15, 0.2) is 43.4 Å². The molecular formula is C16H16N8. The minimum atomic E-state index is 0.297. The highest BCUT2D eigenvalue weighted by Crippen LogP contribution is 2.30. The highest BCUT2D eigenvalue weighted by molar-refractivity contribution is 5.95.